The van der Waals surface area contributed by atoms with E-state index in [1.54, 1.807) is 30.3 Å². The van der Waals surface area contributed by atoms with Gasteiger partial charge in [-0.1, -0.05) is 24.6 Å². The third kappa shape index (κ3) is 5.40. The lowest BCUT2D eigenvalue weighted by molar-refractivity contribution is -0.138. The second kappa shape index (κ2) is 10.3. The molecular weight excluding hydrogens is 406 g/mol. The molecule has 2 aliphatic heterocycles. The van der Waals surface area contributed by atoms with Gasteiger partial charge < -0.3 is 19.5 Å². The van der Waals surface area contributed by atoms with Gasteiger partial charge >= 0.3 is 0 Å². The fourth-order valence-corrected chi connectivity index (χ4v) is 4.81. The van der Waals surface area contributed by atoms with Gasteiger partial charge in [-0.05, 0) is 56.0 Å². The lowest BCUT2D eigenvalue weighted by Gasteiger charge is -2.44. The summed E-state index contributed by atoms with van der Waals surface area (Å²) in [4.78, 5) is 21.2. The Labute approximate surface area is 190 Å². The second-order valence-corrected chi connectivity index (χ2v) is 8.81. The summed E-state index contributed by atoms with van der Waals surface area (Å²) in [6.45, 7) is 2.66. The molecule has 0 bridgehead atoms. The highest BCUT2D eigenvalue weighted by Crippen LogP contribution is 2.34. The average Bonchev–Trinajstić information content (AvgIpc) is 2.84. The molecule has 1 amide bonds. The van der Waals surface area contributed by atoms with Crippen molar-refractivity contribution in [1.82, 2.24) is 14.8 Å². The van der Waals surface area contributed by atoms with Crippen LogP contribution >= 0.6 is 0 Å². The Hall–Kier alpha value is -2.64. The molecule has 7 nitrogen and oxygen atoms in total. The van der Waals surface area contributed by atoms with E-state index in [0.29, 0.717) is 50.0 Å². The number of carbonyl (C=O) groups excluding carboxylic acids is 1. The van der Waals surface area contributed by atoms with Crippen LogP contribution in [-0.2, 0) is 4.79 Å². The van der Waals surface area contributed by atoms with Crippen LogP contribution < -0.4 is 9.47 Å². The summed E-state index contributed by atoms with van der Waals surface area (Å²) in [7, 11) is 1.58. The molecule has 0 radical (unpaired) electrons. The predicted molar refractivity (Wildman–Crippen MR) is 122 cm³/mol. The van der Waals surface area contributed by atoms with Crippen LogP contribution in [0.2, 0.25) is 0 Å². The minimum atomic E-state index is -0.780. The number of β-amino-alcohol motifs (C(OH)–C–C–N with tert-alkyl or cyclic N) is 1. The van der Waals surface area contributed by atoms with Crippen LogP contribution in [0.4, 0.5) is 0 Å². The first-order valence-corrected chi connectivity index (χ1v) is 11.5. The van der Waals surface area contributed by atoms with Crippen LogP contribution in [0, 0.1) is 0 Å². The van der Waals surface area contributed by atoms with Crippen molar-refractivity contribution in [2.45, 2.75) is 43.7 Å². The van der Waals surface area contributed by atoms with Crippen molar-refractivity contribution in [1.29, 1.82) is 0 Å². The molecule has 32 heavy (non-hydrogen) atoms. The van der Waals surface area contributed by atoms with Gasteiger partial charge in [-0.3, -0.25) is 14.7 Å². The van der Waals surface area contributed by atoms with Gasteiger partial charge in [0.25, 0.3) is 5.91 Å². The van der Waals surface area contributed by atoms with E-state index in [9.17, 15) is 9.90 Å². The SMILES string of the molecule is COc1ccccc1OCC(=O)N1CCC(O)(CN2CCCC[C@@H]2c2cccnc2)CC1. The number of hydrogen-bond donors (Lipinski definition) is 1. The molecule has 2 saturated heterocycles. The summed E-state index contributed by atoms with van der Waals surface area (Å²) in [5.41, 5.74) is 0.440. The summed E-state index contributed by atoms with van der Waals surface area (Å²) >= 11 is 0. The lowest BCUT2D eigenvalue weighted by Crippen LogP contribution is -2.53. The number of piperidine rings is 2. The van der Waals surface area contributed by atoms with Crippen molar-refractivity contribution in [2.24, 2.45) is 0 Å². The monoisotopic (exact) mass is 439 g/mol. The number of carbonyl (C=O) groups is 1. The first-order chi connectivity index (χ1) is 15.6. The minimum Gasteiger partial charge on any atom is -0.493 e. The van der Waals surface area contributed by atoms with Gasteiger partial charge in [-0.15, -0.1) is 0 Å². The molecule has 3 heterocycles. The summed E-state index contributed by atoms with van der Waals surface area (Å²) in [5, 5.41) is 11.3. The summed E-state index contributed by atoms with van der Waals surface area (Å²) in [5.74, 6) is 1.10. The number of rotatable bonds is 7. The van der Waals surface area contributed by atoms with Gasteiger partial charge in [0.05, 0.1) is 12.7 Å². The standard InChI is InChI=1S/C25H33N3O4/c1-31-22-9-2-3-10-23(22)32-18-24(29)27-15-11-25(30,12-16-27)19-28-14-5-4-8-21(28)20-7-6-13-26-17-20/h2-3,6-7,9-10,13,17,21,30H,4-5,8,11-12,14-16,18-19H2,1H3/t21-/m1/s1. The number of aromatic nitrogens is 1. The number of pyridine rings is 1. The predicted octanol–water partition coefficient (Wildman–Crippen LogP) is 3.05. The van der Waals surface area contributed by atoms with Crippen molar-refractivity contribution in [3.05, 3.63) is 54.4 Å². The van der Waals surface area contributed by atoms with Gasteiger partial charge in [-0.25, -0.2) is 0 Å². The van der Waals surface area contributed by atoms with Crippen molar-refractivity contribution < 1.29 is 19.4 Å². The van der Waals surface area contributed by atoms with E-state index in [4.69, 9.17) is 9.47 Å². The normalized spacial score (nSPS) is 21.2. The molecule has 1 N–H and O–H groups in total. The molecular formula is C25H33N3O4. The maximum Gasteiger partial charge on any atom is 0.260 e. The molecule has 2 aliphatic rings. The van der Waals surface area contributed by atoms with Crippen LogP contribution in [0.5, 0.6) is 11.5 Å². The Morgan fingerprint density at radius 1 is 1.12 bits per heavy atom. The number of methoxy groups -OCH3 is 1. The molecule has 0 unspecified atom stereocenters. The number of hydrogen-bond acceptors (Lipinski definition) is 6. The molecule has 2 fully saturated rings. The van der Waals surface area contributed by atoms with Crippen molar-refractivity contribution in [2.75, 3.05) is 39.9 Å². The number of aliphatic hydroxyl groups is 1. The third-order valence-corrected chi connectivity index (χ3v) is 6.65. The first kappa shape index (κ1) is 22.6. The Kier molecular flexibility index (Phi) is 7.27. The summed E-state index contributed by atoms with van der Waals surface area (Å²) in [6, 6.07) is 11.7. The molecule has 0 saturated carbocycles. The van der Waals surface area contributed by atoms with Gasteiger partial charge in [0.2, 0.25) is 0 Å². The number of benzene rings is 1. The highest BCUT2D eigenvalue weighted by Gasteiger charge is 2.38. The minimum absolute atomic E-state index is 0.0337. The van der Waals surface area contributed by atoms with Crippen LogP contribution in [0.3, 0.4) is 0 Å². The van der Waals surface area contributed by atoms with Crippen LogP contribution in [0.15, 0.2) is 48.8 Å². The van der Waals surface area contributed by atoms with Crippen LogP contribution in [0.25, 0.3) is 0 Å². The van der Waals surface area contributed by atoms with E-state index < -0.39 is 5.60 Å². The Morgan fingerprint density at radius 2 is 1.91 bits per heavy atom. The Balaban J connectivity index is 1.30. The molecule has 1 aromatic carbocycles. The maximum atomic E-state index is 12.7. The zero-order valence-electron chi connectivity index (χ0n) is 18.8. The van der Waals surface area contributed by atoms with Gasteiger partial charge in [0, 0.05) is 38.1 Å². The highest BCUT2D eigenvalue weighted by atomic mass is 16.5. The Morgan fingerprint density at radius 3 is 2.62 bits per heavy atom. The van der Waals surface area contributed by atoms with Gasteiger partial charge in [-0.2, -0.15) is 0 Å². The maximum absolute atomic E-state index is 12.7. The summed E-state index contributed by atoms with van der Waals surface area (Å²) < 4.78 is 11.0. The first-order valence-electron chi connectivity index (χ1n) is 11.5. The number of likely N-dealkylation sites (tertiary alicyclic amines) is 2. The molecule has 1 aromatic heterocycles. The quantitative estimate of drug-likeness (QED) is 0.715. The summed E-state index contributed by atoms with van der Waals surface area (Å²) in [6.07, 6.45) is 8.32. The fraction of sp³-hybridized carbons (Fsp3) is 0.520. The zero-order chi connectivity index (χ0) is 22.4. The van der Waals surface area contributed by atoms with Gasteiger partial charge in [0.15, 0.2) is 18.1 Å². The van der Waals surface area contributed by atoms with E-state index in [-0.39, 0.29) is 12.5 Å². The Bertz CT molecular complexity index is 884. The number of amides is 1. The topological polar surface area (TPSA) is 75.1 Å². The van der Waals surface area contributed by atoms with E-state index in [1.807, 2.05) is 24.4 Å². The van der Waals surface area contributed by atoms with Crippen molar-refractivity contribution in [3.8, 4) is 11.5 Å². The average molecular weight is 440 g/mol. The smallest absolute Gasteiger partial charge is 0.260 e. The lowest BCUT2D eigenvalue weighted by atomic mass is 9.88. The zero-order valence-corrected chi connectivity index (χ0v) is 18.8. The van der Waals surface area contributed by atoms with Crippen molar-refractivity contribution in [3.63, 3.8) is 0 Å². The highest BCUT2D eigenvalue weighted by molar-refractivity contribution is 5.78. The molecule has 7 heteroatoms. The van der Waals surface area contributed by atoms with E-state index in [1.165, 1.54) is 12.0 Å². The number of ether oxygens (including phenoxy) is 2. The van der Waals surface area contributed by atoms with E-state index in [0.717, 1.165) is 19.4 Å². The van der Waals surface area contributed by atoms with Crippen LogP contribution in [0.1, 0.15) is 43.7 Å². The molecule has 0 aliphatic carbocycles. The van der Waals surface area contributed by atoms with E-state index in [2.05, 4.69) is 16.0 Å². The van der Waals surface area contributed by atoms with E-state index >= 15 is 0 Å². The molecule has 0 spiro atoms. The molecule has 4 rings (SSSR count). The molecule has 172 valence electrons. The molecule has 2 aromatic rings. The fourth-order valence-electron chi connectivity index (χ4n) is 4.81. The second-order valence-electron chi connectivity index (χ2n) is 8.81. The van der Waals surface area contributed by atoms with Gasteiger partial charge in [0.1, 0.15) is 0 Å². The number of para-hydroxylation sites is 2. The van der Waals surface area contributed by atoms with Crippen molar-refractivity contribution >= 4 is 5.91 Å². The third-order valence-electron chi connectivity index (χ3n) is 6.65. The largest absolute Gasteiger partial charge is 0.493 e. The van der Waals surface area contributed by atoms with Crippen LogP contribution in [-0.4, -0.2) is 71.3 Å². The molecule has 1 atom stereocenters. The number of nitrogens with zero attached hydrogens (tertiary/aromatic N) is 3.